The SMILES string of the molecule is C=C/C=C(\C=C/C)C(CNC(=O)C(=O)Nc1ccc(Br)c(F)c1)N1CCCCCC1. The van der Waals surface area contributed by atoms with E-state index in [1.807, 2.05) is 25.2 Å². The molecule has 1 fully saturated rings. The number of rotatable bonds is 7. The molecule has 30 heavy (non-hydrogen) atoms. The van der Waals surface area contributed by atoms with E-state index in [1.165, 1.54) is 25.0 Å². The highest BCUT2D eigenvalue weighted by atomic mass is 79.9. The van der Waals surface area contributed by atoms with Gasteiger partial charge in [0.15, 0.2) is 0 Å². The summed E-state index contributed by atoms with van der Waals surface area (Å²) in [5, 5.41) is 5.17. The quantitative estimate of drug-likeness (QED) is 0.446. The molecular formula is C23H29BrFN3O2. The predicted octanol–water partition coefficient (Wildman–Crippen LogP) is 4.58. The van der Waals surface area contributed by atoms with Gasteiger partial charge in [-0.1, -0.05) is 43.7 Å². The summed E-state index contributed by atoms with van der Waals surface area (Å²) in [7, 11) is 0. The second-order valence-corrected chi connectivity index (χ2v) is 8.02. The van der Waals surface area contributed by atoms with Crippen molar-refractivity contribution in [3.05, 3.63) is 64.9 Å². The van der Waals surface area contributed by atoms with Gasteiger partial charge in [-0.15, -0.1) is 0 Å². The lowest BCUT2D eigenvalue weighted by Gasteiger charge is -2.32. The number of halogens is 2. The number of hydrogen-bond donors (Lipinski definition) is 2. The maximum Gasteiger partial charge on any atom is 0.313 e. The molecule has 0 saturated carbocycles. The summed E-state index contributed by atoms with van der Waals surface area (Å²) in [6.07, 6.45) is 12.3. The number of nitrogens with zero attached hydrogens (tertiary/aromatic N) is 1. The molecule has 1 aromatic carbocycles. The number of anilines is 1. The fourth-order valence-electron chi connectivity index (χ4n) is 3.50. The Kier molecular flexibility index (Phi) is 9.97. The van der Waals surface area contributed by atoms with Crippen molar-refractivity contribution in [2.75, 3.05) is 25.0 Å². The fraction of sp³-hybridized carbons (Fsp3) is 0.391. The number of benzene rings is 1. The van der Waals surface area contributed by atoms with Crippen molar-refractivity contribution in [2.24, 2.45) is 0 Å². The number of nitrogens with one attached hydrogen (secondary N) is 2. The van der Waals surface area contributed by atoms with E-state index in [9.17, 15) is 14.0 Å². The van der Waals surface area contributed by atoms with Crippen LogP contribution in [0.15, 0.2) is 59.1 Å². The van der Waals surface area contributed by atoms with Crippen molar-refractivity contribution in [1.82, 2.24) is 10.2 Å². The molecule has 1 aliphatic heterocycles. The highest BCUT2D eigenvalue weighted by Crippen LogP contribution is 2.20. The monoisotopic (exact) mass is 477 g/mol. The van der Waals surface area contributed by atoms with E-state index in [-0.39, 0.29) is 16.2 Å². The van der Waals surface area contributed by atoms with E-state index in [0.717, 1.165) is 37.6 Å². The molecule has 7 heteroatoms. The molecule has 1 heterocycles. The summed E-state index contributed by atoms with van der Waals surface area (Å²) in [4.78, 5) is 27.0. The van der Waals surface area contributed by atoms with Gasteiger partial charge in [-0.25, -0.2) is 4.39 Å². The van der Waals surface area contributed by atoms with Gasteiger partial charge in [0.1, 0.15) is 5.82 Å². The molecule has 2 amide bonds. The second kappa shape index (κ2) is 12.4. The van der Waals surface area contributed by atoms with Crippen LogP contribution < -0.4 is 10.6 Å². The first-order valence-electron chi connectivity index (χ1n) is 10.2. The van der Waals surface area contributed by atoms with E-state index >= 15 is 0 Å². The van der Waals surface area contributed by atoms with Crippen LogP contribution in [-0.4, -0.2) is 42.4 Å². The molecule has 2 rings (SSSR count). The summed E-state index contributed by atoms with van der Waals surface area (Å²) < 4.78 is 13.9. The third-order valence-electron chi connectivity index (χ3n) is 4.98. The Morgan fingerprint density at radius 2 is 1.93 bits per heavy atom. The smallest absolute Gasteiger partial charge is 0.313 e. The van der Waals surface area contributed by atoms with Crippen LogP contribution in [0.2, 0.25) is 0 Å². The van der Waals surface area contributed by atoms with E-state index < -0.39 is 17.6 Å². The van der Waals surface area contributed by atoms with Gasteiger partial charge in [-0.3, -0.25) is 14.5 Å². The van der Waals surface area contributed by atoms with Crippen LogP contribution in [0.3, 0.4) is 0 Å². The Hall–Kier alpha value is -2.25. The maximum absolute atomic E-state index is 13.6. The summed E-state index contributed by atoms with van der Waals surface area (Å²) in [6, 6.07) is 4.10. The van der Waals surface area contributed by atoms with Gasteiger partial charge in [0.25, 0.3) is 0 Å². The van der Waals surface area contributed by atoms with Crippen LogP contribution in [0.4, 0.5) is 10.1 Å². The Morgan fingerprint density at radius 3 is 2.53 bits per heavy atom. The van der Waals surface area contributed by atoms with Crippen molar-refractivity contribution < 1.29 is 14.0 Å². The lowest BCUT2D eigenvalue weighted by atomic mass is 10.0. The van der Waals surface area contributed by atoms with Crippen LogP contribution in [0.25, 0.3) is 0 Å². The van der Waals surface area contributed by atoms with Crippen LogP contribution in [0.1, 0.15) is 32.6 Å². The summed E-state index contributed by atoms with van der Waals surface area (Å²) in [5.74, 6) is -2.09. The standard InChI is InChI=1S/C23H29BrFN3O2/c1-3-9-17(10-4-2)21(28-13-7-5-6-8-14-28)16-26-22(29)23(30)27-18-11-12-19(24)20(25)15-18/h3-4,9-12,15,21H,1,5-8,13-14,16H2,2H3,(H,26,29)(H,27,30)/b10-4-,17-9+. The average molecular weight is 478 g/mol. The molecule has 1 saturated heterocycles. The zero-order chi connectivity index (χ0) is 21.9. The van der Waals surface area contributed by atoms with Gasteiger partial charge in [0, 0.05) is 12.2 Å². The van der Waals surface area contributed by atoms with Gasteiger partial charge in [-0.05, 0) is 72.6 Å². The number of likely N-dealkylation sites (tertiary alicyclic amines) is 1. The molecule has 0 spiro atoms. The van der Waals surface area contributed by atoms with E-state index in [4.69, 9.17) is 0 Å². The minimum atomic E-state index is -0.827. The molecule has 1 atom stereocenters. The lowest BCUT2D eigenvalue weighted by molar-refractivity contribution is -0.136. The third kappa shape index (κ3) is 7.22. The zero-order valence-electron chi connectivity index (χ0n) is 17.3. The van der Waals surface area contributed by atoms with E-state index in [2.05, 4.69) is 38.0 Å². The molecule has 2 N–H and O–H groups in total. The summed E-state index contributed by atoms with van der Waals surface area (Å²) in [6.45, 7) is 7.92. The minimum Gasteiger partial charge on any atom is -0.346 e. The number of carbonyl (C=O) groups is 2. The van der Waals surface area contributed by atoms with Crippen LogP contribution in [0.5, 0.6) is 0 Å². The van der Waals surface area contributed by atoms with Crippen molar-refractivity contribution >= 4 is 33.4 Å². The number of allylic oxidation sites excluding steroid dienone is 3. The van der Waals surface area contributed by atoms with Crippen molar-refractivity contribution in [3.8, 4) is 0 Å². The third-order valence-corrected chi connectivity index (χ3v) is 5.62. The molecule has 0 aliphatic carbocycles. The maximum atomic E-state index is 13.6. The fourth-order valence-corrected chi connectivity index (χ4v) is 3.75. The van der Waals surface area contributed by atoms with Gasteiger partial charge in [0.05, 0.1) is 10.5 Å². The molecular weight excluding hydrogens is 449 g/mol. The normalized spacial score (nSPS) is 16.7. The Morgan fingerprint density at radius 1 is 1.23 bits per heavy atom. The number of amides is 2. The van der Waals surface area contributed by atoms with Crippen molar-refractivity contribution in [2.45, 2.75) is 38.6 Å². The van der Waals surface area contributed by atoms with Crippen molar-refractivity contribution in [3.63, 3.8) is 0 Å². The first-order valence-corrected chi connectivity index (χ1v) is 11.0. The first kappa shape index (κ1) is 24.0. The molecule has 1 aromatic rings. The van der Waals surface area contributed by atoms with E-state index in [1.54, 1.807) is 6.08 Å². The molecule has 1 unspecified atom stereocenters. The topological polar surface area (TPSA) is 61.4 Å². The number of carbonyl (C=O) groups excluding carboxylic acids is 2. The summed E-state index contributed by atoms with van der Waals surface area (Å²) in [5.41, 5.74) is 1.26. The Bertz CT molecular complexity index is 815. The molecule has 1 aliphatic rings. The predicted molar refractivity (Wildman–Crippen MR) is 123 cm³/mol. The van der Waals surface area contributed by atoms with Crippen molar-refractivity contribution in [1.29, 1.82) is 0 Å². The molecule has 0 bridgehead atoms. The summed E-state index contributed by atoms with van der Waals surface area (Å²) >= 11 is 3.06. The highest BCUT2D eigenvalue weighted by molar-refractivity contribution is 9.10. The van der Waals surface area contributed by atoms with Gasteiger partial charge in [-0.2, -0.15) is 0 Å². The second-order valence-electron chi connectivity index (χ2n) is 7.16. The largest absolute Gasteiger partial charge is 0.346 e. The highest BCUT2D eigenvalue weighted by Gasteiger charge is 2.24. The van der Waals surface area contributed by atoms with Crippen LogP contribution in [-0.2, 0) is 9.59 Å². The molecule has 0 aromatic heterocycles. The first-order chi connectivity index (χ1) is 14.5. The minimum absolute atomic E-state index is 0.0563. The van der Waals surface area contributed by atoms with E-state index in [0.29, 0.717) is 6.54 Å². The van der Waals surface area contributed by atoms with Gasteiger partial charge in [0.2, 0.25) is 0 Å². The van der Waals surface area contributed by atoms with Gasteiger partial charge >= 0.3 is 11.8 Å². The Balaban J connectivity index is 2.07. The lowest BCUT2D eigenvalue weighted by Crippen LogP contribution is -2.47. The molecule has 162 valence electrons. The molecule has 5 nitrogen and oxygen atoms in total. The zero-order valence-corrected chi connectivity index (χ0v) is 18.9. The van der Waals surface area contributed by atoms with Gasteiger partial charge < -0.3 is 10.6 Å². The number of hydrogen-bond acceptors (Lipinski definition) is 3. The average Bonchev–Trinajstić information content (AvgIpc) is 3.00. The van der Waals surface area contributed by atoms with Crippen LogP contribution in [0, 0.1) is 5.82 Å². The Labute approximate surface area is 186 Å². The van der Waals surface area contributed by atoms with Crippen LogP contribution >= 0.6 is 15.9 Å². The molecule has 0 radical (unpaired) electrons.